The molecule has 0 unspecified atom stereocenters. The molecule has 0 atom stereocenters. The van der Waals surface area contributed by atoms with Gasteiger partial charge >= 0.3 is 0 Å². The van der Waals surface area contributed by atoms with Gasteiger partial charge in [-0.15, -0.1) is 10.2 Å². The van der Waals surface area contributed by atoms with Crippen LogP contribution in [0, 0.1) is 0 Å². The summed E-state index contributed by atoms with van der Waals surface area (Å²) in [5.41, 5.74) is 2.19. The zero-order valence-electron chi connectivity index (χ0n) is 18.3. The number of anilines is 1. The van der Waals surface area contributed by atoms with Crippen molar-refractivity contribution in [2.75, 3.05) is 37.0 Å². The molecule has 9 heteroatoms. The Labute approximate surface area is 197 Å². The van der Waals surface area contributed by atoms with E-state index in [9.17, 15) is 0 Å². The van der Waals surface area contributed by atoms with E-state index in [0.717, 1.165) is 68.1 Å². The minimum absolute atomic E-state index is 0.635. The number of benzene rings is 2. The van der Waals surface area contributed by atoms with E-state index in [1.165, 1.54) is 5.56 Å². The van der Waals surface area contributed by atoms with Gasteiger partial charge in [-0.3, -0.25) is 4.57 Å². The summed E-state index contributed by atoms with van der Waals surface area (Å²) in [6.45, 7) is 3.84. The number of hydrogen-bond donors (Lipinski definition) is 0. The van der Waals surface area contributed by atoms with Crippen LogP contribution in [-0.2, 0) is 17.7 Å². The summed E-state index contributed by atoms with van der Waals surface area (Å²) in [6.07, 6.45) is 1.64. The van der Waals surface area contributed by atoms with Crippen molar-refractivity contribution in [3.63, 3.8) is 0 Å². The number of aromatic nitrogens is 5. The van der Waals surface area contributed by atoms with Gasteiger partial charge < -0.3 is 14.2 Å². The highest BCUT2D eigenvalue weighted by atomic mass is 32.2. The molecule has 0 N–H and O–H groups in total. The lowest BCUT2D eigenvalue weighted by molar-refractivity contribution is 0.121. The number of hydrogen-bond acceptors (Lipinski definition) is 8. The van der Waals surface area contributed by atoms with Crippen molar-refractivity contribution in [3.05, 3.63) is 72.1 Å². The number of nitrogens with zero attached hydrogens (tertiary/aromatic N) is 6. The Hall–Kier alpha value is -3.17. The second-order valence-corrected chi connectivity index (χ2v) is 8.85. The fourth-order valence-electron chi connectivity index (χ4n) is 3.74. The van der Waals surface area contributed by atoms with Crippen LogP contribution in [0.4, 0.5) is 5.95 Å². The van der Waals surface area contributed by atoms with Gasteiger partial charge in [-0.05, 0) is 12.0 Å². The Morgan fingerprint density at radius 1 is 0.909 bits per heavy atom. The van der Waals surface area contributed by atoms with Crippen LogP contribution in [-0.4, -0.2) is 57.0 Å². The Morgan fingerprint density at radius 3 is 2.45 bits per heavy atom. The molecular formula is C24H26N6O2S. The first kappa shape index (κ1) is 21.7. The van der Waals surface area contributed by atoms with Crippen molar-refractivity contribution in [2.45, 2.75) is 24.5 Å². The van der Waals surface area contributed by atoms with Gasteiger partial charge in [0, 0.05) is 30.8 Å². The third-order valence-electron chi connectivity index (χ3n) is 5.44. The van der Waals surface area contributed by atoms with E-state index in [4.69, 9.17) is 9.26 Å². The summed E-state index contributed by atoms with van der Waals surface area (Å²) in [7, 11) is 0. The molecule has 0 aliphatic carbocycles. The molecule has 4 aromatic rings. The van der Waals surface area contributed by atoms with E-state index in [2.05, 4.69) is 54.1 Å². The average Bonchev–Trinajstić information content (AvgIpc) is 3.51. The molecule has 0 amide bonds. The fourth-order valence-corrected chi connectivity index (χ4v) is 4.61. The topological polar surface area (TPSA) is 82.1 Å². The standard InChI is InChI=1S/C24H26N6O2S/c1-3-8-19(9-4-1)18-30-23(29-13-15-31-16-14-29)26-27-24(30)33-17-7-12-21-25-22(28-32-21)20-10-5-2-6-11-20/h1-6,8-11H,7,12-18H2. The normalized spacial score (nSPS) is 14.0. The lowest BCUT2D eigenvalue weighted by Crippen LogP contribution is -2.38. The van der Waals surface area contributed by atoms with E-state index < -0.39 is 0 Å². The molecule has 1 fully saturated rings. The van der Waals surface area contributed by atoms with Gasteiger partial charge in [0.05, 0.1) is 19.8 Å². The van der Waals surface area contributed by atoms with Crippen LogP contribution < -0.4 is 4.90 Å². The van der Waals surface area contributed by atoms with E-state index in [-0.39, 0.29) is 0 Å². The zero-order valence-corrected chi connectivity index (χ0v) is 19.2. The minimum atomic E-state index is 0.635. The molecule has 1 aliphatic heterocycles. The summed E-state index contributed by atoms with van der Waals surface area (Å²) in [5.74, 6) is 3.10. The van der Waals surface area contributed by atoms with Gasteiger partial charge in [0.15, 0.2) is 5.16 Å². The van der Waals surface area contributed by atoms with Gasteiger partial charge in [-0.25, -0.2) is 0 Å². The molecule has 8 nitrogen and oxygen atoms in total. The summed E-state index contributed by atoms with van der Waals surface area (Å²) >= 11 is 1.72. The maximum atomic E-state index is 5.51. The molecule has 2 aromatic heterocycles. The van der Waals surface area contributed by atoms with Crippen molar-refractivity contribution in [1.82, 2.24) is 24.9 Å². The van der Waals surface area contributed by atoms with Crippen LogP contribution in [0.1, 0.15) is 17.9 Å². The van der Waals surface area contributed by atoms with Crippen LogP contribution in [0.2, 0.25) is 0 Å². The minimum Gasteiger partial charge on any atom is -0.378 e. The van der Waals surface area contributed by atoms with Gasteiger partial charge in [-0.1, -0.05) is 77.6 Å². The number of ether oxygens (including phenoxy) is 1. The van der Waals surface area contributed by atoms with Crippen molar-refractivity contribution < 1.29 is 9.26 Å². The molecule has 0 bridgehead atoms. The van der Waals surface area contributed by atoms with Crippen LogP contribution in [0.5, 0.6) is 0 Å². The maximum Gasteiger partial charge on any atom is 0.228 e. The van der Waals surface area contributed by atoms with Crippen LogP contribution >= 0.6 is 11.8 Å². The first-order valence-electron chi connectivity index (χ1n) is 11.2. The van der Waals surface area contributed by atoms with E-state index in [1.54, 1.807) is 11.8 Å². The fraction of sp³-hybridized carbons (Fsp3) is 0.333. The zero-order chi connectivity index (χ0) is 22.3. The van der Waals surface area contributed by atoms with Crippen molar-refractivity contribution >= 4 is 17.7 Å². The highest BCUT2D eigenvalue weighted by molar-refractivity contribution is 7.99. The van der Waals surface area contributed by atoms with Gasteiger partial charge in [0.25, 0.3) is 0 Å². The molecule has 0 spiro atoms. The highest BCUT2D eigenvalue weighted by Gasteiger charge is 2.21. The molecule has 5 rings (SSSR count). The third kappa shape index (κ3) is 5.43. The van der Waals surface area contributed by atoms with Gasteiger partial charge in [0.1, 0.15) is 0 Å². The predicted molar refractivity (Wildman–Crippen MR) is 127 cm³/mol. The third-order valence-corrected chi connectivity index (χ3v) is 6.49. The number of rotatable bonds is 9. The number of aryl methyl sites for hydroxylation is 1. The Kier molecular flexibility index (Phi) is 6.98. The molecule has 2 aromatic carbocycles. The maximum absolute atomic E-state index is 5.51. The Bertz CT molecular complexity index is 1140. The van der Waals surface area contributed by atoms with E-state index >= 15 is 0 Å². The molecule has 1 aliphatic rings. The second kappa shape index (κ2) is 10.6. The molecular weight excluding hydrogens is 436 g/mol. The summed E-state index contributed by atoms with van der Waals surface area (Å²) in [5, 5.41) is 14.1. The first-order chi connectivity index (χ1) is 16.4. The average molecular weight is 463 g/mol. The predicted octanol–water partition coefficient (Wildman–Crippen LogP) is 3.94. The van der Waals surface area contributed by atoms with E-state index in [1.807, 2.05) is 36.4 Å². The summed E-state index contributed by atoms with van der Waals surface area (Å²) < 4.78 is 13.2. The van der Waals surface area contributed by atoms with Crippen molar-refractivity contribution in [2.24, 2.45) is 0 Å². The number of morpholine rings is 1. The van der Waals surface area contributed by atoms with Crippen LogP contribution in [0.3, 0.4) is 0 Å². The highest BCUT2D eigenvalue weighted by Crippen LogP contribution is 2.25. The largest absolute Gasteiger partial charge is 0.378 e. The van der Waals surface area contributed by atoms with Crippen molar-refractivity contribution in [1.29, 1.82) is 0 Å². The second-order valence-electron chi connectivity index (χ2n) is 7.78. The molecule has 1 saturated heterocycles. The molecule has 0 radical (unpaired) electrons. The van der Waals surface area contributed by atoms with Gasteiger partial charge in [0.2, 0.25) is 17.7 Å². The molecule has 33 heavy (non-hydrogen) atoms. The van der Waals surface area contributed by atoms with Crippen LogP contribution in [0.25, 0.3) is 11.4 Å². The molecule has 3 heterocycles. The Balaban J connectivity index is 1.22. The Morgan fingerprint density at radius 2 is 1.67 bits per heavy atom. The summed E-state index contributed by atoms with van der Waals surface area (Å²) in [6, 6.07) is 20.3. The van der Waals surface area contributed by atoms with E-state index in [0.29, 0.717) is 11.7 Å². The molecule has 0 saturated carbocycles. The monoisotopic (exact) mass is 462 g/mol. The van der Waals surface area contributed by atoms with Crippen LogP contribution in [0.15, 0.2) is 70.3 Å². The smallest absolute Gasteiger partial charge is 0.228 e. The first-order valence-corrected chi connectivity index (χ1v) is 12.2. The SMILES string of the molecule is c1ccc(Cn2c(SCCCc3nc(-c4ccccc4)no3)nnc2N2CCOCC2)cc1. The van der Waals surface area contributed by atoms with Crippen molar-refractivity contribution in [3.8, 4) is 11.4 Å². The molecule has 170 valence electrons. The summed E-state index contributed by atoms with van der Waals surface area (Å²) in [4.78, 5) is 6.78. The lowest BCUT2D eigenvalue weighted by Gasteiger charge is -2.28. The quantitative estimate of drug-likeness (QED) is 0.273. The lowest BCUT2D eigenvalue weighted by atomic mass is 10.2. The van der Waals surface area contributed by atoms with Gasteiger partial charge in [-0.2, -0.15) is 4.98 Å². The number of thioether (sulfide) groups is 1.